The number of aryl methyl sites for hydroxylation is 1. The monoisotopic (exact) mass is 257 g/mol. The van der Waals surface area contributed by atoms with Gasteiger partial charge in [-0.3, -0.25) is 9.67 Å². The van der Waals surface area contributed by atoms with Crippen LogP contribution in [0.25, 0.3) is 10.9 Å². The molecule has 0 bridgehead atoms. The summed E-state index contributed by atoms with van der Waals surface area (Å²) in [7, 11) is 0. The Hall–Kier alpha value is -2.13. The van der Waals surface area contributed by atoms with E-state index in [-0.39, 0.29) is 0 Å². The minimum absolute atomic E-state index is 0.366. The molecule has 19 heavy (non-hydrogen) atoms. The van der Waals surface area contributed by atoms with E-state index in [4.69, 9.17) is 15.7 Å². The predicted octanol–water partition coefficient (Wildman–Crippen LogP) is 1.35. The highest BCUT2D eigenvalue weighted by Gasteiger charge is 2.39. The van der Waals surface area contributed by atoms with Gasteiger partial charge in [-0.25, -0.2) is 0 Å². The summed E-state index contributed by atoms with van der Waals surface area (Å²) in [6, 6.07) is 4.13. The van der Waals surface area contributed by atoms with Crippen molar-refractivity contribution in [2.45, 2.75) is 25.3 Å². The van der Waals surface area contributed by atoms with Crippen molar-refractivity contribution in [2.24, 2.45) is 0 Å². The predicted molar refractivity (Wildman–Crippen MR) is 70.3 cm³/mol. The van der Waals surface area contributed by atoms with Crippen LogP contribution in [0.4, 0.5) is 5.82 Å². The van der Waals surface area contributed by atoms with Crippen LogP contribution in [-0.4, -0.2) is 28.0 Å². The number of nitrogens with two attached hydrogens (primary N) is 1. The van der Waals surface area contributed by atoms with Crippen LogP contribution in [0.5, 0.6) is 0 Å². The minimum Gasteiger partial charge on any atom is -0.382 e. The van der Waals surface area contributed by atoms with Gasteiger partial charge in [0.25, 0.3) is 0 Å². The lowest BCUT2D eigenvalue weighted by atomic mass is 9.95. The molecule has 1 saturated heterocycles. The van der Waals surface area contributed by atoms with E-state index in [1.54, 1.807) is 6.20 Å². The maximum atomic E-state index is 9.10. The Bertz CT molecular complexity index is 663. The molecule has 1 unspecified atom stereocenters. The summed E-state index contributed by atoms with van der Waals surface area (Å²) in [4.78, 5) is 4.25. The molecule has 0 spiro atoms. The van der Waals surface area contributed by atoms with Gasteiger partial charge in [0.2, 0.25) is 0 Å². The van der Waals surface area contributed by atoms with Crippen LogP contribution in [0, 0.1) is 18.3 Å². The molecule has 2 aromatic rings. The smallest absolute Gasteiger partial charge is 0.155 e. The van der Waals surface area contributed by atoms with E-state index in [9.17, 15) is 0 Å². The van der Waals surface area contributed by atoms with Crippen LogP contribution in [0.3, 0.4) is 0 Å². The van der Waals surface area contributed by atoms with Crippen LogP contribution in [0.15, 0.2) is 12.3 Å². The maximum Gasteiger partial charge on any atom is 0.155 e. The van der Waals surface area contributed by atoms with E-state index in [1.165, 1.54) is 0 Å². The van der Waals surface area contributed by atoms with Crippen molar-refractivity contribution < 1.29 is 4.74 Å². The minimum atomic E-state index is -0.404. The lowest BCUT2D eigenvalue weighted by molar-refractivity contribution is 0.151. The molecule has 0 amide bonds. The average Bonchev–Trinajstić information content (AvgIpc) is 2.97. The first-order valence-corrected chi connectivity index (χ1v) is 6.23. The summed E-state index contributed by atoms with van der Waals surface area (Å²) >= 11 is 0. The van der Waals surface area contributed by atoms with Crippen molar-refractivity contribution >= 4 is 16.7 Å². The Morgan fingerprint density at radius 1 is 1.63 bits per heavy atom. The van der Waals surface area contributed by atoms with E-state index in [0.29, 0.717) is 25.5 Å². The third kappa shape index (κ3) is 1.66. The van der Waals surface area contributed by atoms with E-state index in [1.807, 2.05) is 17.7 Å². The van der Waals surface area contributed by atoms with Crippen molar-refractivity contribution in [1.29, 1.82) is 5.26 Å². The SMILES string of the molecule is Cc1nccc2c1c(N)nn2C1(CC#N)CCOC1. The fourth-order valence-corrected chi connectivity index (χ4v) is 2.74. The summed E-state index contributed by atoms with van der Waals surface area (Å²) < 4.78 is 7.35. The molecule has 0 radical (unpaired) electrons. The molecule has 0 aliphatic carbocycles. The first-order valence-electron chi connectivity index (χ1n) is 6.23. The molecule has 0 saturated carbocycles. The highest BCUT2D eigenvalue weighted by Crippen LogP contribution is 2.35. The highest BCUT2D eigenvalue weighted by molar-refractivity contribution is 5.91. The van der Waals surface area contributed by atoms with Gasteiger partial charge in [-0.15, -0.1) is 0 Å². The number of aromatic nitrogens is 3. The van der Waals surface area contributed by atoms with E-state index >= 15 is 0 Å². The van der Waals surface area contributed by atoms with Crippen molar-refractivity contribution in [1.82, 2.24) is 14.8 Å². The molecule has 98 valence electrons. The van der Waals surface area contributed by atoms with Gasteiger partial charge in [0.05, 0.1) is 35.7 Å². The highest BCUT2D eigenvalue weighted by atomic mass is 16.5. The number of rotatable bonds is 2. The van der Waals surface area contributed by atoms with Crippen molar-refractivity contribution in [3.63, 3.8) is 0 Å². The van der Waals surface area contributed by atoms with Gasteiger partial charge in [0.1, 0.15) is 5.54 Å². The second kappa shape index (κ2) is 4.21. The second-order valence-electron chi connectivity index (χ2n) is 4.95. The Kier molecular flexibility index (Phi) is 2.64. The molecular weight excluding hydrogens is 242 g/mol. The topological polar surface area (TPSA) is 89.8 Å². The second-order valence-corrected chi connectivity index (χ2v) is 4.95. The van der Waals surface area contributed by atoms with Crippen molar-refractivity contribution in [3.05, 3.63) is 18.0 Å². The first kappa shape index (κ1) is 11.9. The van der Waals surface area contributed by atoms with Gasteiger partial charge < -0.3 is 10.5 Å². The summed E-state index contributed by atoms with van der Waals surface area (Å²) in [5.41, 5.74) is 7.38. The number of anilines is 1. The van der Waals surface area contributed by atoms with Crippen LogP contribution in [-0.2, 0) is 10.3 Å². The lowest BCUT2D eigenvalue weighted by Crippen LogP contribution is -2.34. The number of pyridine rings is 1. The molecule has 2 aromatic heterocycles. The average molecular weight is 257 g/mol. The number of nitrogen functional groups attached to an aromatic ring is 1. The third-order valence-corrected chi connectivity index (χ3v) is 3.75. The molecule has 1 aliphatic heterocycles. The zero-order valence-corrected chi connectivity index (χ0v) is 10.8. The molecule has 1 fully saturated rings. The number of fused-ring (bicyclic) bond motifs is 1. The molecule has 1 atom stereocenters. The zero-order valence-electron chi connectivity index (χ0n) is 10.8. The summed E-state index contributed by atoms with van der Waals surface area (Å²) in [5, 5.41) is 14.4. The summed E-state index contributed by atoms with van der Waals surface area (Å²) in [6.07, 6.45) is 2.88. The molecular formula is C13H15N5O. The van der Waals surface area contributed by atoms with Gasteiger partial charge in [0.15, 0.2) is 5.82 Å². The van der Waals surface area contributed by atoms with Gasteiger partial charge in [-0.05, 0) is 19.4 Å². The standard InChI is InChI=1S/C13H15N5O/c1-9-11-10(2-6-16-9)18(17-12(11)15)13(3-5-14)4-7-19-8-13/h2,6H,3-4,7-8H2,1H3,(H2,15,17). The first-order chi connectivity index (χ1) is 9.18. The molecule has 1 aliphatic rings. The molecule has 6 nitrogen and oxygen atoms in total. The van der Waals surface area contributed by atoms with E-state index in [2.05, 4.69) is 16.2 Å². The summed E-state index contributed by atoms with van der Waals surface area (Å²) in [5.74, 6) is 0.463. The number of hydrogen-bond acceptors (Lipinski definition) is 5. The Labute approximate surface area is 110 Å². The maximum absolute atomic E-state index is 9.10. The third-order valence-electron chi connectivity index (χ3n) is 3.75. The Morgan fingerprint density at radius 2 is 2.47 bits per heavy atom. The fourth-order valence-electron chi connectivity index (χ4n) is 2.74. The van der Waals surface area contributed by atoms with E-state index in [0.717, 1.165) is 23.0 Å². The van der Waals surface area contributed by atoms with Crippen LogP contribution in [0.2, 0.25) is 0 Å². The van der Waals surface area contributed by atoms with Gasteiger partial charge >= 0.3 is 0 Å². The number of ether oxygens (including phenoxy) is 1. The quantitative estimate of drug-likeness (QED) is 0.877. The Morgan fingerprint density at radius 3 is 3.16 bits per heavy atom. The van der Waals surface area contributed by atoms with Crippen molar-refractivity contribution in [2.75, 3.05) is 18.9 Å². The number of nitriles is 1. The van der Waals surface area contributed by atoms with Crippen LogP contribution < -0.4 is 5.73 Å². The largest absolute Gasteiger partial charge is 0.382 e. The van der Waals surface area contributed by atoms with E-state index < -0.39 is 5.54 Å². The molecule has 0 aromatic carbocycles. The van der Waals surface area contributed by atoms with Gasteiger partial charge in [0, 0.05) is 12.8 Å². The molecule has 3 heterocycles. The molecule has 3 rings (SSSR count). The zero-order chi connectivity index (χ0) is 13.5. The van der Waals surface area contributed by atoms with Crippen LogP contribution >= 0.6 is 0 Å². The molecule has 2 N–H and O–H groups in total. The van der Waals surface area contributed by atoms with Crippen molar-refractivity contribution in [3.8, 4) is 6.07 Å². The number of nitrogens with zero attached hydrogens (tertiary/aromatic N) is 4. The number of hydrogen-bond donors (Lipinski definition) is 1. The summed E-state index contributed by atoms with van der Waals surface area (Å²) in [6.45, 7) is 3.05. The fraction of sp³-hybridized carbons (Fsp3) is 0.462. The normalized spacial score (nSPS) is 22.7. The lowest BCUT2D eigenvalue weighted by Gasteiger charge is -2.25. The van der Waals surface area contributed by atoms with Gasteiger partial charge in [-0.1, -0.05) is 0 Å². The van der Waals surface area contributed by atoms with Gasteiger partial charge in [-0.2, -0.15) is 10.4 Å². The molecule has 6 heteroatoms. The Balaban J connectivity index is 2.25. The van der Waals surface area contributed by atoms with Crippen LogP contribution in [0.1, 0.15) is 18.5 Å².